The first-order chi connectivity index (χ1) is 12.2. The number of morpholine rings is 1. The molecular formula is C20H28N2O3. The van der Waals surface area contributed by atoms with Gasteiger partial charge in [-0.1, -0.05) is 30.3 Å². The highest BCUT2D eigenvalue weighted by Gasteiger charge is 2.45. The van der Waals surface area contributed by atoms with Crippen molar-refractivity contribution in [2.24, 2.45) is 5.92 Å². The Hall–Kier alpha value is -1.43. The molecule has 1 spiro atoms. The third kappa shape index (κ3) is 3.89. The number of carbonyl (C=O) groups is 1. The van der Waals surface area contributed by atoms with Gasteiger partial charge in [-0.25, -0.2) is 0 Å². The van der Waals surface area contributed by atoms with E-state index in [-0.39, 0.29) is 17.4 Å². The van der Waals surface area contributed by atoms with E-state index in [0.717, 1.165) is 52.0 Å². The van der Waals surface area contributed by atoms with Crippen molar-refractivity contribution in [2.45, 2.75) is 31.4 Å². The van der Waals surface area contributed by atoms with Crippen LogP contribution in [0, 0.1) is 5.92 Å². The minimum Gasteiger partial charge on any atom is -0.378 e. The molecule has 0 radical (unpaired) electrons. The maximum absolute atomic E-state index is 12.7. The van der Waals surface area contributed by atoms with Crippen LogP contribution in [0.4, 0.5) is 0 Å². The van der Waals surface area contributed by atoms with Gasteiger partial charge in [-0.2, -0.15) is 0 Å². The summed E-state index contributed by atoms with van der Waals surface area (Å²) in [5.41, 5.74) is 1.30. The summed E-state index contributed by atoms with van der Waals surface area (Å²) >= 11 is 0. The molecule has 25 heavy (non-hydrogen) atoms. The van der Waals surface area contributed by atoms with E-state index >= 15 is 0 Å². The van der Waals surface area contributed by atoms with Gasteiger partial charge in [0.2, 0.25) is 5.91 Å². The first kappa shape index (κ1) is 17.0. The number of ether oxygens (including phenoxy) is 2. The van der Waals surface area contributed by atoms with Gasteiger partial charge in [0.25, 0.3) is 0 Å². The molecule has 0 aliphatic carbocycles. The van der Waals surface area contributed by atoms with E-state index in [4.69, 9.17) is 9.47 Å². The monoisotopic (exact) mass is 344 g/mol. The lowest BCUT2D eigenvalue weighted by molar-refractivity contribution is -0.139. The van der Waals surface area contributed by atoms with Crippen molar-refractivity contribution >= 4 is 5.91 Å². The summed E-state index contributed by atoms with van der Waals surface area (Å²) in [6.07, 6.45) is 2.96. The van der Waals surface area contributed by atoms with E-state index in [1.165, 1.54) is 5.56 Å². The van der Waals surface area contributed by atoms with Gasteiger partial charge in [0.15, 0.2) is 0 Å². The quantitative estimate of drug-likeness (QED) is 0.840. The number of likely N-dealkylation sites (tertiary alicyclic amines) is 1. The number of carbonyl (C=O) groups excluding carboxylic acids is 1. The summed E-state index contributed by atoms with van der Waals surface area (Å²) in [6, 6.07) is 10.6. The smallest absolute Gasteiger partial charge is 0.228 e. The molecule has 5 nitrogen and oxygen atoms in total. The zero-order valence-corrected chi connectivity index (χ0v) is 14.9. The molecule has 136 valence electrons. The van der Waals surface area contributed by atoms with Crippen LogP contribution in [0.3, 0.4) is 0 Å². The van der Waals surface area contributed by atoms with Crippen molar-refractivity contribution in [1.82, 2.24) is 9.80 Å². The normalized spacial score (nSPS) is 26.9. The van der Waals surface area contributed by atoms with E-state index in [0.29, 0.717) is 19.8 Å². The second-order valence-corrected chi connectivity index (χ2v) is 7.59. The van der Waals surface area contributed by atoms with Crippen LogP contribution in [0.15, 0.2) is 30.3 Å². The van der Waals surface area contributed by atoms with Gasteiger partial charge in [0.1, 0.15) is 0 Å². The van der Waals surface area contributed by atoms with Crippen LogP contribution < -0.4 is 0 Å². The molecule has 1 atom stereocenters. The van der Waals surface area contributed by atoms with E-state index < -0.39 is 0 Å². The SMILES string of the molecule is O=C(C1COC2(CCN(Cc3ccccc3)CC2)C1)N1CCOCC1. The number of hydrogen-bond acceptors (Lipinski definition) is 4. The highest BCUT2D eigenvalue weighted by atomic mass is 16.5. The average Bonchev–Trinajstić information content (AvgIpc) is 3.09. The van der Waals surface area contributed by atoms with Crippen LogP contribution in [-0.2, 0) is 20.8 Å². The number of benzene rings is 1. The number of nitrogens with zero attached hydrogens (tertiary/aromatic N) is 2. The number of amides is 1. The van der Waals surface area contributed by atoms with E-state index in [1.54, 1.807) is 0 Å². The fourth-order valence-electron chi connectivity index (χ4n) is 4.35. The molecule has 0 N–H and O–H groups in total. The second-order valence-electron chi connectivity index (χ2n) is 7.59. The average molecular weight is 344 g/mol. The third-order valence-corrected chi connectivity index (χ3v) is 5.90. The molecule has 3 saturated heterocycles. The van der Waals surface area contributed by atoms with Crippen molar-refractivity contribution in [3.63, 3.8) is 0 Å². The Kier molecular flexibility index (Phi) is 5.06. The summed E-state index contributed by atoms with van der Waals surface area (Å²) in [5, 5.41) is 0. The Morgan fingerprint density at radius 2 is 1.80 bits per heavy atom. The molecule has 1 aromatic carbocycles. The van der Waals surface area contributed by atoms with Crippen molar-refractivity contribution in [3.8, 4) is 0 Å². The largest absolute Gasteiger partial charge is 0.378 e. The molecule has 0 aromatic heterocycles. The minimum atomic E-state index is -0.0696. The Labute approximate surface area is 149 Å². The molecule has 3 aliphatic rings. The molecular weight excluding hydrogens is 316 g/mol. The fraction of sp³-hybridized carbons (Fsp3) is 0.650. The zero-order chi connectivity index (χ0) is 17.1. The number of rotatable bonds is 3. The van der Waals surface area contributed by atoms with Crippen LogP contribution in [0.2, 0.25) is 0 Å². The second kappa shape index (κ2) is 7.44. The molecule has 4 rings (SSSR count). The maximum Gasteiger partial charge on any atom is 0.228 e. The van der Waals surface area contributed by atoms with E-state index in [1.807, 2.05) is 4.90 Å². The summed E-state index contributed by atoms with van der Waals surface area (Å²) in [7, 11) is 0. The van der Waals surface area contributed by atoms with Gasteiger partial charge >= 0.3 is 0 Å². The summed E-state index contributed by atoms with van der Waals surface area (Å²) in [5.74, 6) is 0.311. The molecule has 3 heterocycles. The highest BCUT2D eigenvalue weighted by molar-refractivity contribution is 5.79. The standard InChI is InChI=1S/C20H28N2O3/c23-19(22-10-12-24-13-11-22)18-14-20(25-16-18)6-8-21(9-7-20)15-17-4-2-1-3-5-17/h1-5,18H,6-16H2. The van der Waals surface area contributed by atoms with Crippen LogP contribution in [0.25, 0.3) is 0 Å². The number of piperidine rings is 1. The van der Waals surface area contributed by atoms with Crippen molar-refractivity contribution in [3.05, 3.63) is 35.9 Å². The third-order valence-electron chi connectivity index (χ3n) is 5.90. The van der Waals surface area contributed by atoms with Gasteiger partial charge in [0.05, 0.1) is 31.3 Å². The molecule has 5 heteroatoms. The van der Waals surface area contributed by atoms with E-state index in [2.05, 4.69) is 35.2 Å². The maximum atomic E-state index is 12.7. The van der Waals surface area contributed by atoms with Crippen LogP contribution in [-0.4, -0.2) is 67.3 Å². The lowest BCUT2D eigenvalue weighted by atomic mass is 9.85. The molecule has 0 saturated carbocycles. The molecule has 1 unspecified atom stereocenters. The van der Waals surface area contributed by atoms with Crippen molar-refractivity contribution < 1.29 is 14.3 Å². The molecule has 1 aromatic rings. The zero-order valence-electron chi connectivity index (χ0n) is 14.9. The lowest BCUT2D eigenvalue weighted by Crippen LogP contribution is -2.45. The summed E-state index contributed by atoms with van der Waals surface area (Å²) < 4.78 is 11.6. The molecule has 0 bridgehead atoms. The minimum absolute atomic E-state index is 0.0405. The first-order valence-corrected chi connectivity index (χ1v) is 9.51. The molecule has 1 amide bonds. The predicted octanol–water partition coefficient (Wildman–Crippen LogP) is 1.92. The number of hydrogen-bond donors (Lipinski definition) is 0. The van der Waals surface area contributed by atoms with Gasteiger partial charge in [-0.05, 0) is 24.8 Å². The van der Waals surface area contributed by atoms with Gasteiger partial charge < -0.3 is 14.4 Å². The van der Waals surface area contributed by atoms with Gasteiger partial charge in [-0.15, -0.1) is 0 Å². The predicted molar refractivity (Wildman–Crippen MR) is 95.1 cm³/mol. The van der Waals surface area contributed by atoms with Crippen molar-refractivity contribution in [1.29, 1.82) is 0 Å². The topological polar surface area (TPSA) is 42.0 Å². The first-order valence-electron chi connectivity index (χ1n) is 9.51. The Balaban J connectivity index is 1.29. The highest BCUT2D eigenvalue weighted by Crippen LogP contribution is 2.39. The Bertz CT molecular complexity index is 578. The van der Waals surface area contributed by atoms with Crippen molar-refractivity contribution in [2.75, 3.05) is 46.0 Å². The van der Waals surface area contributed by atoms with Gasteiger partial charge in [-0.3, -0.25) is 9.69 Å². The lowest BCUT2D eigenvalue weighted by Gasteiger charge is -2.39. The fourth-order valence-corrected chi connectivity index (χ4v) is 4.35. The van der Waals surface area contributed by atoms with E-state index in [9.17, 15) is 4.79 Å². The molecule has 3 aliphatic heterocycles. The molecule has 3 fully saturated rings. The van der Waals surface area contributed by atoms with Crippen LogP contribution >= 0.6 is 0 Å². The van der Waals surface area contributed by atoms with Crippen LogP contribution in [0.1, 0.15) is 24.8 Å². The summed E-state index contributed by atoms with van der Waals surface area (Å²) in [4.78, 5) is 17.2. The Morgan fingerprint density at radius 1 is 1.08 bits per heavy atom. The summed E-state index contributed by atoms with van der Waals surface area (Å²) in [6.45, 7) is 6.49. The van der Waals surface area contributed by atoms with Gasteiger partial charge in [0, 0.05) is 32.7 Å². The van der Waals surface area contributed by atoms with Crippen LogP contribution in [0.5, 0.6) is 0 Å². The Morgan fingerprint density at radius 3 is 2.52 bits per heavy atom.